The van der Waals surface area contributed by atoms with Crippen LogP contribution in [0, 0.1) is 0 Å². The Hall–Kier alpha value is -1.46. The summed E-state index contributed by atoms with van der Waals surface area (Å²) in [5, 5.41) is 8.58. The fourth-order valence-electron chi connectivity index (χ4n) is 1.56. The van der Waals surface area contributed by atoms with Gasteiger partial charge in [-0.05, 0) is 6.42 Å². The molecule has 0 aromatic carbocycles. The fourth-order valence-corrected chi connectivity index (χ4v) is 1.56. The predicted octanol–water partition coefficient (Wildman–Crippen LogP) is 1.47. The number of fused-ring (bicyclic) bond motifs is 1. The number of aryl methyl sites for hydroxylation is 1. The van der Waals surface area contributed by atoms with E-state index in [-0.39, 0.29) is 12.1 Å². The highest BCUT2D eigenvalue weighted by atomic mass is 19.3. The average Bonchev–Trinajstić information content (AvgIpc) is 2.48. The summed E-state index contributed by atoms with van der Waals surface area (Å²) in [5.74, 6) is -4.70. The van der Waals surface area contributed by atoms with E-state index in [1.165, 1.54) is 4.57 Å². The number of aromatic nitrogens is 2. The van der Waals surface area contributed by atoms with Crippen LogP contribution < -0.4 is 0 Å². The molecule has 76 valence electrons. The number of hydrogen-bond donors (Lipinski definition) is 1. The minimum absolute atomic E-state index is 0.261. The van der Waals surface area contributed by atoms with E-state index in [1.54, 1.807) is 0 Å². The molecule has 0 fully saturated rings. The molecule has 0 amide bonds. The van der Waals surface area contributed by atoms with Crippen LogP contribution in [-0.4, -0.2) is 20.6 Å². The van der Waals surface area contributed by atoms with Crippen LogP contribution in [0.25, 0.3) is 0 Å². The number of carboxylic acids is 1. The lowest BCUT2D eigenvalue weighted by Gasteiger charge is -2.22. The van der Waals surface area contributed by atoms with E-state index in [0.717, 1.165) is 6.20 Å². The van der Waals surface area contributed by atoms with E-state index in [2.05, 4.69) is 4.98 Å². The molecule has 0 bridgehead atoms. The maximum atomic E-state index is 13.2. The zero-order valence-corrected chi connectivity index (χ0v) is 7.20. The molecule has 0 saturated heterocycles. The number of carbonyl (C=O) groups is 1. The minimum Gasteiger partial charge on any atom is -0.476 e. The lowest BCUT2D eigenvalue weighted by molar-refractivity contribution is -0.0391. The summed E-state index contributed by atoms with van der Waals surface area (Å²) in [6, 6.07) is 0. The first kappa shape index (κ1) is 9.11. The number of halogens is 2. The Morgan fingerprint density at radius 3 is 2.93 bits per heavy atom. The Kier molecular flexibility index (Phi) is 1.80. The highest BCUT2D eigenvalue weighted by Gasteiger charge is 2.39. The molecule has 1 N–H and O–H groups in total. The summed E-state index contributed by atoms with van der Waals surface area (Å²) in [7, 11) is 0. The van der Waals surface area contributed by atoms with Gasteiger partial charge in [0.2, 0.25) is 0 Å². The summed E-state index contributed by atoms with van der Waals surface area (Å²) >= 11 is 0. The predicted molar refractivity (Wildman–Crippen MR) is 42.3 cm³/mol. The zero-order valence-electron chi connectivity index (χ0n) is 7.20. The van der Waals surface area contributed by atoms with Gasteiger partial charge >= 0.3 is 11.9 Å². The molecule has 1 aromatic rings. The highest BCUT2D eigenvalue weighted by Crippen LogP contribution is 2.35. The van der Waals surface area contributed by atoms with Crippen molar-refractivity contribution in [2.45, 2.75) is 25.3 Å². The number of hydrogen-bond acceptors (Lipinski definition) is 2. The monoisotopic (exact) mass is 202 g/mol. The Morgan fingerprint density at radius 1 is 1.64 bits per heavy atom. The van der Waals surface area contributed by atoms with E-state index < -0.39 is 17.7 Å². The third-order valence-electron chi connectivity index (χ3n) is 2.21. The van der Waals surface area contributed by atoms with E-state index >= 15 is 0 Å². The van der Waals surface area contributed by atoms with Gasteiger partial charge in [-0.25, -0.2) is 9.78 Å². The smallest absolute Gasteiger partial charge is 0.356 e. The molecule has 0 atom stereocenters. The van der Waals surface area contributed by atoms with Gasteiger partial charge in [0.1, 0.15) is 0 Å². The van der Waals surface area contributed by atoms with E-state index in [4.69, 9.17) is 5.11 Å². The maximum absolute atomic E-state index is 13.2. The van der Waals surface area contributed by atoms with Crippen molar-refractivity contribution in [2.75, 3.05) is 0 Å². The van der Waals surface area contributed by atoms with Gasteiger partial charge in [0.15, 0.2) is 11.5 Å². The highest BCUT2D eigenvalue weighted by molar-refractivity contribution is 5.85. The minimum atomic E-state index is -2.99. The number of nitrogens with zero attached hydrogens (tertiary/aromatic N) is 2. The van der Waals surface area contributed by atoms with Crippen LogP contribution >= 0.6 is 0 Å². The van der Waals surface area contributed by atoms with Crippen LogP contribution in [0.15, 0.2) is 6.20 Å². The summed E-state index contributed by atoms with van der Waals surface area (Å²) in [5.41, 5.74) is -0.318. The van der Waals surface area contributed by atoms with Crippen molar-refractivity contribution in [2.24, 2.45) is 0 Å². The second-order valence-electron chi connectivity index (χ2n) is 3.26. The van der Waals surface area contributed by atoms with Gasteiger partial charge in [0.05, 0.1) is 0 Å². The van der Waals surface area contributed by atoms with Crippen LogP contribution in [0.2, 0.25) is 0 Å². The lowest BCUT2D eigenvalue weighted by atomic mass is 10.1. The van der Waals surface area contributed by atoms with Gasteiger partial charge in [0, 0.05) is 19.2 Å². The SMILES string of the molecule is O=C(O)c1cn2c(n1)C(F)(F)CCC2. The second-order valence-corrected chi connectivity index (χ2v) is 3.26. The molecule has 0 radical (unpaired) electrons. The number of aromatic carboxylic acids is 1. The summed E-state index contributed by atoms with van der Waals surface area (Å²) in [6.07, 6.45) is 1.24. The van der Waals surface area contributed by atoms with Crippen molar-refractivity contribution >= 4 is 5.97 Å². The number of carboxylic acid groups (broad SMARTS) is 1. The summed E-state index contributed by atoms with van der Waals surface area (Å²) < 4.78 is 27.6. The summed E-state index contributed by atoms with van der Waals surface area (Å²) in [4.78, 5) is 13.9. The number of alkyl halides is 2. The molecule has 4 nitrogen and oxygen atoms in total. The standard InChI is InChI=1S/C8H8F2N2O2/c9-8(10)2-1-3-12-4-5(6(13)14)11-7(8)12/h4H,1-3H2,(H,13,14). The molecular formula is C8H8F2N2O2. The van der Waals surface area contributed by atoms with Crippen molar-refractivity contribution in [1.29, 1.82) is 0 Å². The Bertz CT molecular complexity index is 387. The van der Waals surface area contributed by atoms with Crippen molar-refractivity contribution in [3.05, 3.63) is 17.7 Å². The molecule has 0 spiro atoms. The van der Waals surface area contributed by atoms with Gasteiger partial charge in [-0.3, -0.25) is 0 Å². The first-order chi connectivity index (χ1) is 6.50. The molecule has 14 heavy (non-hydrogen) atoms. The maximum Gasteiger partial charge on any atom is 0.356 e. The van der Waals surface area contributed by atoms with Crippen LogP contribution in [0.5, 0.6) is 0 Å². The first-order valence-corrected chi connectivity index (χ1v) is 4.19. The van der Waals surface area contributed by atoms with Crippen LogP contribution in [-0.2, 0) is 12.5 Å². The average molecular weight is 202 g/mol. The molecule has 0 aliphatic carbocycles. The Labute approximate surface area is 78.2 Å². The van der Waals surface area contributed by atoms with Gasteiger partial charge in [-0.15, -0.1) is 0 Å². The largest absolute Gasteiger partial charge is 0.476 e. The molecular weight excluding hydrogens is 194 g/mol. The molecule has 0 saturated carbocycles. The third-order valence-corrected chi connectivity index (χ3v) is 2.21. The van der Waals surface area contributed by atoms with Crippen molar-refractivity contribution in [3.8, 4) is 0 Å². The second kappa shape index (κ2) is 2.76. The van der Waals surface area contributed by atoms with Crippen molar-refractivity contribution < 1.29 is 18.7 Å². The van der Waals surface area contributed by atoms with Crippen LogP contribution in [0.4, 0.5) is 8.78 Å². The van der Waals surface area contributed by atoms with Crippen molar-refractivity contribution in [3.63, 3.8) is 0 Å². The fraction of sp³-hybridized carbons (Fsp3) is 0.500. The molecule has 0 unspecified atom stereocenters. The van der Waals surface area contributed by atoms with E-state index in [1.807, 2.05) is 0 Å². The quantitative estimate of drug-likeness (QED) is 0.750. The lowest BCUT2D eigenvalue weighted by Crippen LogP contribution is -2.25. The van der Waals surface area contributed by atoms with Gasteiger partial charge in [0.25, 0.3) is 0 Å². The summed E-state index contributed by atoms with van der Waals surface area (Å²) in [6.45, 7) is 0.408. The van der Waals surface area contributed by atoms with E-state index in [0.29, 0.717) is 13.0 Å². The first-order valence-electron chi connectivity index (χ1n) is 4.19. The third kappa shape index (κ3) is 1.26. The zero-order chi connectivity index (χ0) is 10.3. The molecule has 2 rings (SSSR count). The topological polar surface area (TPSA) is 55.1 Å². The normalized spacial score (nSPS) is 19.0. The van der Waals surface area contributed by atoms with Gasteiger partial charge in [-0.2, -0.15) is 8.78 Å². The van der Waals surface area contributed by atoms with Gasteiger partial charge in [-0.1, -0.05) is 0 Å². The van der Waals surface area contributed by atoms with Crippen LogP contribution in [0.1, 0.15) is 29.2 Å². The molecule has 6 heteroatoms. The molecule has 2 heterocycles. The molecule has 1 aromatic heterocycles. The van der Waals surface area contributed by atoms with Gasteiger partial charge < -0.3 is 9.67 Å². The number of rotatable bonds is 1. The van der Waals surface area contributed by atoms with E-state index in [9.17, 15) is 13.6 Å². The number of imidazole rings is 1. The Morgan fingerprint density at radius 2 is 2.36 bits per heavy atom. The van der Waals surface area contributed by atoms with Crippen LogP contribution in [0.3, 0.4) is 0 Å². The molecule has 1 aliphatic rings. The Balaban J connectivity index is 2.49. The van der Waals surface area contributed by atoms with Crippen molar-refractivity contribution in [1.82, 2.24) is 9.55 Å². The molecule has 1 aliphatic heterocycles.